The summed E-state index contributed by atoms with van der Waals surface area (Å²) < 4.78 is 25.0. The number of carbonyl (C=O) groups is 1. The summed E-state index contributed by atoms with van der Waals surface area (Å²) in [7, 11) is -3.18. The first kappa shape index (κ1) is 15.8. The number of urea groups is 1. The van der Waals surface area contributed by atoms with Crippen LogP contribution in [0.25, 0.3) is 0 Å². The van der Waals surface area contributed by atoms with Gasteiger partial charge >= 0.3 is 6.03 Å². The zero-order valence-corrected chi connectivity index (χ0v) is 13.1. The van der Waals surface area contributed by atoms with Gasteiger partial charge in [-0.15, -0.1) is 0 Å². The molecule has 1 aliphatic heterocycles. The molecule has 0 bridgehead atoms. The number of piperidine rings is 1. The Morgan fingerprint density at radius 3 is 2.43 bits per heavy atom. The van der Waals surface area contributed by atoms with Crippen LogP contribution in [0.2, 0.25) is 0 Å². The summed E-state index contributed by atoms with van der Waals surface area (Å²) >= 11 is 0. The number of nitrogens with one attached hydrogen (secondary N) is 2. The van der Waals surface area contributed by atoms with Crippen molar-refractivity contribution < 1.29 is 13.2 Å². The van der Waals surface area contributed by atoms with E-state index in [1.807, 2.05) is 31.2 Å². The normalized spacial score (nSPS) is 16.8. The molecule has 2 N–H and O–H groups in total. The summed E-state index contributed by atoms with van der Waals surface area (Å²) in [4.78, 5) is 13.9. The Morgan fingerprint density at radius 2 is 1.86 bits per heavy atom. The highest BCUT2D eigenvalue weighted by molar-refractivity contribution is 7.88. The Morgan fingerprint density at radius 1 is 1.24 bits per heavy atom. The minimum absolute atomic E-state index is 0.0810. The van der Waals surface area contributed by atoms with Crippen LogP contribution in [-0.2, 0) is 10.0 Å². The van der Waals surface area contributed by atoms with Crippen LogP contribution >= 0.6 is 0 Å². The molecular formula is C14H21N3O3S. The fourth-order valence-corrected chi connectivity index (χ4v) is 3.25. The van der Waals surface area contributed by atoms with Crippen LogP contribution in [0, 0.1) is 6.92 Å². The molecule has 1 fully saturated rings. The van der Waals surface area contributed by atoms with E-state index in [9.17, 15) is 13.2 Å². The molecule has 0 radical (unpaired) electrons. The third-order valence-corrected chi connectivity index (χ3v) is 4.31. The molecule has 0 aromatic heterocycles. The van der Waals surface area contributed by atoms with Crippen LogP contribution in [0.4, 0.5) is 10.5 Å². The molecule has 2 rings (SSSR count). The van der Waals surface area contributed by atoms with E-state index >= 15 is 0 Å². The largest absolute Gasteiger partial charge is 0.324 e. The van der Waals surface area contributed by atoms with E-state index in [1.54, 1.807) is 4.90 Å². The lowest BCUT2D eigenvalue weighted by Gasteiger charge is -2.32. The van der Waals surface area contributed by atoms with E-state index in [4.69, 9.17) is 0 Å². The molecule has 0 atom stereocenters. The first-order valence-corrected chi connectivity index (χ1v) is 8.83. The van der Waals surface area contributed by atoms with Crippen LogP contribution in [0.5, 0.6) is 0 Å². The Bertz CT molecular complexity index is 608. The van der Waals surface area contributed by atoms with E-state index in [0.717, 1.165) is 17.5 Å². The number of sulfonamides is 1. The Balaban J connectivity index is 1.88. The summed E-state index contributed by atoms with van der Waals surface area (Å²) in [6, 6.07) is 7.39. The standard InChI is InChI=1S/C14H21N3O3S/c1-11-5-3-4-6-13(11)15-14(18)17-9-7-12(8-10-17)16-21(2,19)20/h3-6,12,16H,7-10H2,1-2H3,(H,15,18). The highest BCUT2D eigenvalue weighted by Gasteiger charge is 2.24. The molecule has 1 aromatic rings. The fourth-order valence-electron chi connectivity index (χ4n) is 2.41. The van der Waals surface area contributed by atoms with Crippen molar-refractivity contribution in [3.05, 3.63) is 29.8 Å². The minimum Gasteiger partial charge on any atom is -0.324 e. The number of carbonyl (C=O) groups excluding carboxylic acids is 1. The maximum absolute atomic E-state index is 12.2. The van der Waals surface area contributed by atoms with E-state index in [1.165, 1.54) is 0 Å². The van der Waals surface area contributed by atoms with E-state index < -0.39 is 10.0 Å². The van der Waals surface area contributed by atoms with Crippen molar-refractivity contribution in [2.75, 3.05) is 24.7 Å². The van der Waals surface area contributed by atoms with Gasteiger partial charge in [-0.2, -0.15) is 0 Å². The van der Waals surface area contributed by atoms with Gasteiger partial charge in [0.1, 0.15) is 0 Å². The first-order chi connectivity index (χ1) is 9.85. The molecule has 0 spiro atoms. The number of hydrogen-bond donors (Lipinski definition) is 2. The van der Waals surface area contributed by atoms with Crippen molar-refractivity contribution in [1.82, 2.24) is 9.62 Å². The number of hydrogen-bond acceptors (Lipinski definition) is 3. The third kappa shape index (κ3) is 4.71. The molecule has 6 nitrogen and oxygen atoms in total. The van der Waals surface area contributed by atoms with Gasteiger partial charge in [0.15, 0.2) is 0 Å². The van der Waals surface area contributed by atoms with Crippen LogP contribution in [0.15, 0.2) is 24.3 Å². The highest BCUT2D eigenvalue weighted by atomic mass is 32.2. The number of rotatable bonds is 3. The number of nitrogens with zero attached hydrogens (tertiary/aromatic N) is 1. The second-order valence-corrected chi connectivity index (χ2v) is 7.18. The monoisotopic (exact) mass is 311 g/mol. The second kappa shape index (κ2) is 6.44. The molecular weight excluding hydrogens is 290 g/mol. The smallest absolute Gasteiger partial charge is 0.321 e. The van der Waals surface area contributed by atoms with Crippen LogP contribution in [0.3, 0.4) is 0 Å². The molecule has 2 amide bonds. The molecule has 1 aliphatic rings. The van der Waals surface area contributed by atoms with Gasteiger partial charge in [0.05, 0.1) is 6.26 Å². The topological polar surface area (TPSA) is 78.5 Å². The molecule has 0 aliphatic carbocycles. The number of aryl methyl sites for hydroxylation is 1. The molecule has 1 heterocycles. The first-order valence-electron chi connectivity index (χ1n) is 6.94. The van der Waals surface area contributed by atoms with Gasteiger partial charge in [-0.1, -0.05) is 18.2 Å². The average molecular weight is 311 g/mol. The molecule has 0 saturated carbocycles. The van der Waals surface area contributed by atoms with Crippen molar-refractivity contribution in [2.24, 2.45) is 0 Å². The average Bonchev–Trinajstić information content (AvgIpc) is 2.40. The highest BCUT2D eigenvalue weighted by Crippen LogP contribution is 2.16. The van der Waals surface area contributed by atoms with Crippen molar-refractivity contribution in [1.29, 1.82) is 0 Å². The second-order valence-electron chi connectivity index (χ2n) is 5.40. The predicted molar refractivity (Wildman–Crippen MR) is 82.8 cm³/mol. The maximum atomic E-state index is 12.2. The number of amides is 2. The number of likely N-dealkylation sites (tertiary alicyclic amines) is 1. The lowest BCUT2D eigenvalue weighted by molar-refractivity contribution is 0.193. The Hall–Kier alpha value is -1.60. The molecule has 7 heteroatoms. The van der Waals surface area contributed by atoms with Gasteiger partial charge in [-0.05, 0) is 31.4 Å². The van der Waals surface area contributed by atoms with Crippen LogP contribution in [0.1, 0.15) is 18.4 Å². The van der Waals surface area contributed by atoms with E-state index in [2.05, 4.69) is 10.0 Å². The van der Waals surface area contributed by atoms with Gasteiger partial charge in [0, 0.05) is 24.8 Å². The summed E-state index contributed by atoms with van der Waals surface area (Å²) in [6.07, 6.45) is 2.42. The molecule has 0 unspecified atom stereocenters. The molecule has 1 aromatic carbocycles. The van der Waals surface area contributed by atoms with Crippen LogP contribution in [-0.4, -0.2) is 44.7 Å². The summed E-state index contributed by atoms with van der Waals surface area (Å²) in [5.41, 5.74) is 1.82. The van der Waals surface area contributed by atoms with Crippen molar-refractivity contribution in [3.63, 3.8) is 0 Å². The van der Waals surface area contributed by atoms with Gasteiger partial charge in [-0.3, -0.25) is 0 Å². The Kier molecular flexibility index (Phi) is 4.84. The fraction of sp³-hybridized carbons (Fsp3) is 0.500. The van der Waals surface area contributed by atoms with Gasteiger partial charge in [0.2, 0.25) is 10.0 Å². The lowest BCUT2D eigenvalue weighted by Crippen LogP contribution is -2.47. The number of benzene rings is 1. The summed E-state index contributed by atoms with van der Waals surface area (Å²) in [6.45, 7) is 3.04. The lowest BCUT2D eigenvalue weighted by atomic mass is 10.1. The number of para-hydroxylation sites is 1. The maximum Gasteiger partial charge on any atom is 0.321 e. The Labute approximate surface area is 125 Å². The molecule has 116 valence electrons. The predicted octanol–water partition coefficient (Wildman–Crippen LogP) is 1.54. The van der Waals surface area contributed by atoms with Crippen molar-refractivity contribution in [3.8, 4) is 0 Å². The minimum atomic E-state index is -3.18. The van der Waals surface area contributed by atoms with Crippen molar-refractivity contribution in [2.45, 2.75) is 25.8 Å². The summed E-state index contributed by atoms with van der Waals surface area (Å²) in [5.74, 6) is 0. The number of anilines is 1. The van der Waals surface area contributed by atoms with E-state index in [0.29, 0.717) is 25.9 Å². The molecule has 1 saturated heterocycles. The van der Waals surface area contributed by atoms with Gasteiger partial charge in [0.25, 0.3) is 0 Å². The van der Waals surface area contributed by atoms with Crippen molar-refractivity contribution >= 4 is 21.7 Å². The van der Waals surface area contributed by atoms with Gasteiger partial charge in [-0.25, -0.2) is 17.9 Å². The van der Waals surface area contributed by atoms with Crippen LogP contribution < -0.4 is 10.0 Å². The SMILES string of the molecule is Cc1ccccc1NC(=O)N1CCC(NS(C)(=O)=O)CC1. The third-order valence-electron chi connectivity index (χ3n) is 3.55. The summed E-state index contributed by atoms with van der Waals surface area (Å²) in [5, 5.41) is 2.89. The quantitative estimate of drug-likeness (QED) is 0.889. The van der Waals surface area contributed by atoms with E-state index in [-0.39, 0.29) is 12.1 Å². The van der Waals surface area contributed by atoms with Gasteiger partial charge < -0.3 is 10.2 Å². The zero-order chi connectivity index (χ0) is 15.5. The zero-order valence-electron chi connectivity index (χ0n) is 12.3. The molecule has 21 heavy (non-hydrogen) atoms.